The highest BCUT2D eigenvalue weighted by Gasteiger charge is 2.62. The van der Waals surface area contributed by atoms with Crippen molar-refractivity contribution in [1.82, 2.24) is 25.2 Å². The van der Waals surface area contributed by atoms with Gasteiger partial charge >= 0.3 is 6.09 Å². The van der Waals surface area contributed by atoms with Crippen molar-refractivity contribution >= 4 is 51.0 Å². The van der Waals surface area contributed by atoms with Crippen LogP contribution in [-0.2, 0) is 34.0 Å². The summed E-state index contributed by atoms with van der Waals surface area (Å²) in [5.74, 6) is -2.27. The first-order chi connectivity index (χ1) is 25.1. The van der Waals surface area contributed by atoms with E-state index in [0.29, 0.717) is 37.7 Å². The van der Waals surface area contributed by atoms with Crippen LogP contribution >= 0.6 is 0 Å². The van der Waals surface area contributed by atoms with Crippen molar-refractivity contribution in [3.8, 4) is 0 Å². The first-order valence-electron chi connectivity index (χ1n) is 18.5. The fraction of sp³-hybridized carbons (Fsp3) is 0.568. The number of benzene rings is 1. The van der Waals surface area contributed by atoms with Gasteiger partial charge in [-0.1, -0.05) is 48.3 Å². The molecule has 4 fully saturated rings. The third-order valence-electron chi connectivity index (χ3n) is 10.7. The minimum atomic E-state index is -3.87. The third-order valence-corrected chi connectivity index (χ3v) is 12.6. The Kier molecular flexibility index (Phi) is 10.5. The van der Waals surface area contributed by atoms with Gasteiger partial charge in [-0.15, -0.1) is 0 Å². The number of alkyl carbamates (subject to hydrolysis) is 1. The molecule has 0 radical (unpaired) electrons. The van der Waals surface area contributed by atoms with Crippen molar-refractivity contribution in [1.29, 1.82) is 0 Å². The highest BCUT2D eigenvalue weighted by molar-refractivity contribution is 7.91. The van der Waals surface area contributed by atoms with Gasteiger partial charge in [0.15, 0.2) is 0 Å². The maximum atomic E-state index is 14.3. The van der Waals surface area contributed by atoms with E-state index in [9.17, 15) is 27.6 Å². The number of hydrogen-bond acceptors (Lipinski definition) is 10. The van der Waals surface area contributed by atoms with E-state index in [2.05, 4.69) is 25.5 Å². The summed E-state index contributed by atoms with van der Waals surface area (Å²) in [6.45, 7) is -0.00132. The molecule has 15 heteroatoms. The van der Waals surface area contributed by atoms with Gasteiger partial charge in [0.25, 0.3) is 5.91 Å². The van der Waals surface area contributed by atoms with Crippen molar-refractivity contribution in [2.45, 2.75) is 119 Å². The minimum absolute atomic E-state index is 0.00132. The summed E-state index contributed by atoms with van der Waals surface area (Å²) in [7, 11) is -3.87. The van der Waals surface area contributed by atoms with E-state index >= 15 is 0 Å². The van der Waals surface area contributed by atoms with E-state index in [1.165, 1.54) is 11.1 Å². The van der Waals surface area contributed by atoms with Gasteiger partial charge in [0, 0.05) is 29.5 Å². The van der Waals surface area contributed by atoms with Gasteiger partial charge in [-0.25, -0.2) is 13.2 Å². The zero-order valence-corrected chi connectivity index (χ0v) is 29.9. The van der Waals surface area contributed by atoms with E-state index in [4.69, 9.17) is 9.57 Å². The third kappa shape index (κ3) is 8.24. The number of fused-ring (bicyclic) bond motifs is 3. The van der Waals surface area contributed by atoms with Crippen molar-refractivity contribution in [3.05, 3.63) is 54.2 Å². The summed E-state index contributed by atoms with van der Waals surface area (Å²) < 4.78 is 33.4. The van der Waals surface area contributed by atoms with Gasteiger partial charge in [-0.2, -0.15) is 0 Å². The maximum absolute atomic E-state index is 14.3. The maximum Gasteiger partial charge on any atom is 0.408 e. The van der Waals surface area contributed by atoms with Crippen LogP contribution in [0.2, 0.25) is 0 Å². The van der Waals surface area contributed by atoms with Crippen molar-refractivity contribution in [2.75, 3.05) is 6.54 Å². The number of aromatic nitrogens is 1. The SMILES string of the molecule is O=C(N[C@H]1CCCCC/C=C\[C@@H]2CC2(C(=O)NS(=O)(=O)C2CC2)NC(=O)[C@@H]2C[C@@H](O/N=C/c3cnc4ccccc4c3)CN2C1=O)OC1CCCC1. The van der Waals surface area contributed by atoms with Crippen LogP contribution in [0.1, 0.15) is 89.0 Å². The Bertz CT molecular complexity index is 1860. The van der Waals surface area contributed by atoms with Crippen molar-refractivity contribution < 1.29 is 37.2 Å². The van der Waals surface area contributed by atoms with E-state index in [1.807, 2.05) is 42.5 Å². The smallest absolute Gasteiger partial charge is 0.408 e. The monoisotopic (exact) mass is 734 g/mol. The number of para-hydroxylation sites is 1. The molecule has 2 aliphatic heterocycles. The van der Waals surface area contributed by atoms with Gasteiger partial charge in [0.1, 0.15) is 29.8 Å². The van der Waals surface area contributed by atoms with Crippen LogP contribution in [0.15, 0.2) is 53.8 Å². The molecule has 2 aromatic rings. The van der Waals surface area contributed by atoms with E-state index in [0.717, 1.165) is 49.4 Å². The fourth-order valence-corrected chi connectivity index (χ4v) is 8.87. The first-order valence-corrected chi connectivity index (χ1v) is 20.0. The summed E-state index contributed by atoms with van der Waals surface area (Å²) in [5, 5.41) is 10.1. The van der Waals surface area contributed by atoms with Gasteiger partial charge in [-0.05, 0) is 76.3 Å². The molecule has 14 nitrogen and oxygen atoms in total. The lowest BCUT2D eigenvalue weighted by Gasteiger charge is -2.30. The number of rotatable bonds is 8. The average molecular weight is 735 g/mol. The molecule has 3 N–H and O–H groups in total. The predicted molar refractivity (Wildman–Crippen MR) is 191 cm³/mol. The Balaban J connectivity index is 1.12. The summed E-state index contributed by atoms with van der Waals surface area (Å²) in [4.78, 5) is 66.8. The Morgan fingerprint density at radius 3 is 2.62 bits per heavy atom. The topological polar surface area (TPSA) is 185 Å². The molecule has 1 saturated heterocycles. The van der Waals surface area contributed by atoms with E-state index in [1.54, 1.807) is 6.20 Å². The number of pyridine rings is 1. The molecule has 3 heterocycles. The second-order valence-electron chi connectivity index (χ2n) is 14.7. The zero-order chi connectivity index (χ0) is 36.3. The Hall–Kier alpha value is -4.53. The van der Waals surface area contributed by atoms with E-state index < -0.39 is 68.7 Å². The van der Waals surface area contributed by atoms with Crippen LogP contribution in [0.5, 0.6) is 0 Å². The van der Waals surface area contributed by atoms with E-state index in [-0.39, 0.29) is 25.5 Å². The summed E-state index contributed by atoms with van der Waals surface area (Å²) in [5.41, 5.74) is 0.0610. The number of sulfonamides is 1. The zero-order valence-electron chi connectivity index (χ0n) is 29.1. The number of oxime groups is 1. The molecule has 5 aliphatic rings. The number of amides is 4. The lowest BCUT2D eigenvalue weighted by molar-refractivity contribution is -0.141. The molecule has 0 bridgehead atoms. The normalized spacial score (nSPS) is 29.3. The predicted octanol–water partition coefficient (Wildman–Crippen LogP) is 3.60. The molecule has 52 heavy (non-hydrogen) atoms. The van der Waals surface area contributed by atoms with Gasteiger partial charge in [0.2, 0.25) is 21.8 Å². The molecule has 7 rings (SSSR count). The number of carbonyl (C=O) groups excluding carboxylic acids is 4. The Morgan fingerprint density at radius 1 is 1.02 bits per heavy atom. The van der Waals surface area contributed by atoms with Gasteiger partial charge < -0.3 is 25.1 Å². The standard InChI is InChI=1S/C37H46N6O8S/c44-33-32-19-28(51-39-22-24-18-25-10-6-9-14-30(25)38-21-24)23-43(32)34(45)31(40-36(47)50-27-12-7-8-13-27)15-5-3-1-2-4-11-26-20-37(26,41-33)35(46)42-52(48,49)29-16-17-29/h4,6,9-11,14,18,21-22,26-29,31-32H,1-3,5,7-8,12-13,15-17,19-20,23H2,(H,40,47)(H,41,44)(H,42,46)/b11-4-,39-22+/t26-,28-,31+,32+,37?/m1/s1. The minimum Gasteiger partial charge on any atom is -0.446 e. The lowest BCUT2D eigenvalue weighted by atomic mass is 10.0. The first kappa shape index (κ1) is 35.9. The highest BCUT2D eigenvalue weighted by atomic mass is 32.2. The molecule has 1 aromatic carbocycles. The van der Waals surface area contributed by atoms with Crippen LogP contribution in [0.3, 0.4) is 0 Å². The van der Waals surface area contributed by atoms with Crippen molar-refractivity contribution in [3.63, 3.8) is 0 Å². The second-order valence-corrected chi connectivity index (χ2v) is 16.6. The molecule has 3 saturated carbocycles. The van der Waals surface area contributed by atoms with Crippen LogP contribution in [0, 0.1) is 5.92 Å². The average Bonchev–Trinajstić information content (AvgIpc) is 4.00. The fourth-order valence-electron chi connectivity index (χ4n) is 7.51. The molecule has 1 unspecified atom stereocenters. The number of carbonyl (C=O) groups is 4. The number of nitrogens with zero attached hydrogens (tertiary/aromatic N) is 3. The van der Waals surface area contributed by atoms with Gasteiger partial charge in [0.05, 0.1) is 23.5 Å². The number of nitrogens with one attached hydrogen (secondary N) is 3. The molecule has 3 aliphatic carbocycles. The lowest BCUT2D eigenvalue weighted by Crippen LogP contribution is -2.58. The Labute approximate surface area is 303 Å². The quantitative estimate of drug-likeness (QED) is 0.207. The highest BCUT2D eigenvalue weighted by Crippen LogP contribution is 2.46. The molecular formula is C37H46N6O8S. The number of ether oxygens (including phenoxy) is 1. The molecule has 0 spiro atoms. The second kappa shape index (κ2) is 15.2. The van der Waals surface area contributed by atoms with Crippen LogP contribution in [0.4, 0.5) is 4.79 Å². The molecular weight excluding hydrogens is 689 g/mol. The summed E-state index contributed by atoms with van der Waals surface area (Å²) in [6, 6.07) is 7.56. The molecule has 278 valence electrons. The van der Waals surface area contributed by atoms with Gasteiger partial charge in [-0.3, -0.25) is 24.1 Å². The largest absolute Gasteiger partial charge is 0.446 e. The molecule has 1 aromatic heterocycles. The number of hydrogen-bond donors (Lipinski definition) is 3. The van der Waals surface area contributed by atoms with Crippen LogP contribution in [0.25, 0.3) is 10.9 Å². The van der Waals surface area contributed by atoms with Crippen LogP contribution in [-0.4, -0.2) is 90.0 Å². The Morgan fingerprint density at radius 2 is 1.81 bits per heavy atom. The number of allylic oxidation sites excluding steroid dienone is 1. The molecule has 5 atom stereocenters. The summed E-state index contributed by atoms with van der Waals surface area (Å²) >= 11 is 0. The van der Waals surface area contributed by atoms with Crippen molar-refractivity contribution in [2.24, 2.45) is 11.1 Å². The molecule has 4 amide bonds. The summed E-state index contributed by atoms with van der Waals surface area (Å²) in [6.07, 6.45) is 13.5. The van der Waals surface area contributed by atoms with Crippen LogP contribution < -0.4 is 15.4 Å².